The van der Waals surface area contributed by atoms with Crippen molar-refractivity contribution in [1.82, 2.24) is 5.32 Å². The monoisotopic (exact) mass is 215 g/mol. The highest BCUT2D eigenvalue weighted by atomic mass is 16.5. The van der Waals surface area contributed by atoms with Crippen molar-refractivity contribution in [3.63, 3.8) is 0 Å². The number of hydrogen-bond acceptors (Lipinski definition) is 3. The second kappa shape index (κ2) is 7.26. The molecule has 0 aromatic heterocycles. The van der Waals surface area contributed by atoms with Gasteiger partial charge in [-0.25, -0.2) is 0 Å². The van der Waals surface area contributed by atoms with E-state index in [-0.39, 0.29) is 24.3 Å². The summed E-state index contributed by atoms with van der Waals surface area (Å²) in [4.78, 5) is 22.2. The zero-order valence-corrected chi connectivity index (χ0v) is 10.0. The molecule has 0 rings (SSSR count). The zero-order valence-electron chi connectivity index (χ0n) is 10.0. The van der Waals surface area contributed by atoms with E-state index < -0.39 is 0 Å². The van der Waals surface area contributed by atoms with E-state index in [0.717, 1.165) is 6.42 Å². The molecule has 0 fully saturated rings. The minimum atomic E-state index is -0.253. The Morgan fingerprint density at radius 2 is 1.93 bits per heavy atom. The van der Waals surface area contributed by atoms with Crippen molar-refractivity contribution in [3.8, 4) is 0 Å². The number of amides is 1. The van der Waals surface area contributed by atoms with Crippen LogP contribution in [0, 0.1) is 5.92 Å². The summed E-state index contributed by atoms with van der Waals surface area (Å²) in [5.74, 6) is 0.0816. The average Bonchev–Trinajstić information content (AvgIpc) is 2.00. The molecule has 0 heterocycles. The van der Waals surface area contributed by atoms with E-state index in [0.29, 0.717) is 12.5 Å². The Hall–Kier alpha value is -1.06. The summed E-state index contributed by atoms with van der Waals surface area (Å²) in [7, 11) is 0. The molecule has 4 nitrogen and oxygen atoms in total. The first-order valence-electron chi connectivity index (χ1n) is 5.38. The maximum absolute atomic E-state index is 11.2. The summed E-state index contributed by atoms with van der Waals surface area (Å²) >= 11 is 0. The fourth-order valence-electron chi connectivity index (χ4n) is 1.47. The third-order valence-corrected chi connectivity index (χ3v) is 1.88. The summed E-state index contributed by atoms with van der Waals surface area (Å²) in [5.41, 5.74) is 0. The van der Waals surface area contributed by atoms with E-state index in [1.165, 1.54) is 6.92 Å². The van der Waals surface area contributed by atoms with Gasteiger partial charge in [-0.3, -0.25) is 9.59 Å². The first-order valence-corrected chi connectivity index (χ1v) is 5.38. The molecule has 1 N–H and O–H groups in total. The number of hydrogen-bond donors (Lipinski definition) is 1. The van der Waals surface area contributed by atoms with Crippen molar-refractivity contribution < 1.29 is 14.3 Å². The van der Waals surface area contributed by atoms with Crippen molar-refractivity contribution >= 4 is 11.9 Å². The molecular formula is C11H21NO3. The van der Waals surface area contributed by atoms with Crippen molar-refractivity contribution in [2.45, 2.75) is 46.6 Å². The lowest BCUT2D eigenvalue weighted by Gasteiger charge is -2.18. The molecule has 0 aromatic rings. The molecule has 0 saturated heterocycles. The molecule has 1 atom stereocenters. The maximum Gasteiger partial charge on any atom is 0.307 e. The van der Waals surface area contributed by atoms with Crippen LogP contribution in [0.2, 0.25) is 0 Å². The van der Waals surface area contributed by atoms with Crippen LogP contribution in [0.25, 0.3) is 0 Å². The molecule has 0 aliphatic heterocycles. The molecule has 0 spiro atoms. The number of nitrogens with one attached hydrogen (secondary N) is 1. The van der Waals surface area contributed by atoms with Gasteiger partial charge in [0, 0.05) is 13.0 Å². The highest BCUT2D eigenvalue weighted by Gasteiger charge is 2.16. The fraction of sp³-hybridized carbons (Fsp3) is 0.818. The molecule has 0 unspecified atom stereocenters. The topological polar surface area (TPSA) is 55.4 Å². The van der Waals surface area contributed by atoms with Gasteiger partial charge in [-0.15, -0.1) is 0 Å². The van der Waals surface area contributed by atoms with E-state index in [1.807, 2.05) is 0 Å². The van der Waals surface area contributed by atoms with Crippen LogP contribution in [0.5, 0.6) is 0 Å². The predicted molar refractivity (Wildman–Crippen MR) is 58.3 cm³/mol. The minimum Gasteiger partial charge on any atom is -0.466 e. The van der Waals surface area contributed by atoms with Gasteiger partial charge in [0.25, 0.3) is 0 Å². The quantitative estimate of drug-likeness (QED) is 0.683. The summed E-state index contributed by atoms with van der Waals surface area (Å²) in [6, 6.07) is -0.110. The summed E-state index contributed by atoms with van der Waals surface area (Å²) in [5, 5.41) is 2.76. The van der Waals surface area contributed by atoms with E-state index in [2.05, 4.69) is 19.2 Å². The lowest BCUT2D eigenvalue weighted by molar-refractivity contribution is -0.143. The summed E-state index contributed by atoms with van der Waals surface area (Å²) in [6.07, 6.45) is 1.05. The number of carbonyl (C=O) groups is 2. The van der Waals surface area contributed by atoms with Crippen molar-refractivity contribution in [3.05, 3.63) is 0 Å². The van der Waals surface area contributed by atoms with Crippen LogP contribution >= 0.6 is 0 Å². The largest absolute Gasteiger partial charge is 0.466 e. The van der Waals surface area contributed by atoms with Gasteiger partial charge in [0.15, 0.2) is 0 Å². The Bertz CT molecular complexity index is 214. The van der Waals surface area contributed by atoms with Crippen molar-refractivity contribution in [1.29, 1.82) is 0 Å². The maximum atomic E-state index is 11.2. The van der Waals surface area contributed by atoms with E-state index in [4.69, 9.17) is 4.74 Å². The van der Waals surface area contributed by atoms with Gasteiger partial charge in [0.2, 0.25) is 5.91 Å². The molecule has 15 heavy (non-hydrogen) atoms. The number of ether oxygens (including phenoxy) is 1. The summed E-state index contributed by atoms with van der Waals surface area (Å²) < 4.78 is 4.85. The lowest BCUT2D eigenvalue weighted by atomic mass is 10.0. The normalized spacial score (nSPS) is 12.3. The van der Waals surface area contributed by atoms with Crippen LogP contribution in [-0.2, 0) is 14.3 Å². The highest BCUT2D eigenvalue weighted by Crippen LogP contribution is 2.08. The Morgan fingerprint density at radius 3 is 2.33 bits per heavy atom. The van der Waals surface area contributed by atoms with Crippen LogP contribution in [0.15, 0.2) is 0 Å². The van der Waals surface area contributed by atoms with Gasteiger partial charge in [0.05, 0.1) is 13.0 Å². The SMILES string of the molecule is CCOC(=O)C[C@@H](CC(C)C)NC(C)=O. The fourth-order valence-corrected chi connectivity index (χ4v) is 1.47. The molecule has 88 valence electrons. The Balaban J connectivity index is 4.11. The number of esters is 1. The molecule has 0 bridgehead atoms. The molecular weight excluding hydrogens is 194 g/mol. The third-order valence-electron chi connectivity index (χ3n) is 1.88. The van der Waals surface area contributed by atoms with Crippen molar-refractivity contribution in [2.75, 3.05) is 6.61 Å². The standard InChI is InChI=1S/C11H21NO3/c1-5-15-11(14)7-10(6-8(2)3)12-9(4)13/h8,10H,5-7H2,1-4H3,(H,12,13)/t10-/m1/s1. The van der Waals surface area contributed by atoms with Gasteiger partial charge >= 0.3 is 5.97 Å². The molecule has 1 amide bonds. The predicted octanol–water partition coefficient (Wildman–Crippen LogP) is 1.49. The molecule has 0 aliphatic carbocycles. The highest BCUT2D eigenvalue weighted by molar-refractivity contribution is 5.75. The summed E-state index contributed by atoms with van der Waals surface area (Å²) in [6.45, 7) is 7.72. The van der Waals surface area contributed by atoms with Crippen LogP contribution in [0.1, 0.15) is 40.5 Å². The van der Waals surface area contributed by atoms with Crippen LogP contribution in [0.3, 0.4) is 0 Å². The Morgan fingerprint density at radius 1 is 1.33 bits per heavy atom. The second-order valence-electron chi connectivity index (χ2n) is 4.04. The number of rotatable bonds is 6. The van der Waals surface area contributed by atoms with Gasteiger partial charge in [-0.05, 0) is 19.3 Å². The molecule has 0 radical (unpaired) electrons. The molecule has 0 saturated carbocycles. The van der Waals surface area contributed by atoms with E-state index in [1.54, 1.807) is 6.92 Å². The smallest absolute Gasteiger partial charge is 0.307 e. The van der Waals surface area contributed by atoms with Crippen LogP contribution in [0.4, 0.5) is 0 Å². The second-order valence-corrected chi connectivity index (χ2v) is 4.04. The first kappa shape index (κ1) is 13.9. The molecule has 4 heteroatoms. The first-order chi connectivity index (χ1) is 6.95. The number of carbonyl (C=O) groups excluding carboxylic acids is 2. The average molecular weight is 215 g/mol. The molecule has 0 aliphatic rings. The van der Waals surface area contributed by atoms with Gasteiger partial charge in [-0.2, -0.15) is 0 Å². The van der Waals surface area contributed by atoms with Crippen LogP contribution in [-0.4, -0.2) is 24.5 Å². The van der Waals surface area contributed by atoms with Crippen LogP contribution < -0.4 is 5.32 Å². The van der Waals surface area contributed by atoms with Gasteiger partial charge < -0.3 is 10.1 Å². The zero-order chi connectivity index (χ0) is 11.8. The minimum absolute atomic E-state index is 0.107. The Labute approximate surface area is 91.4 Å². The van der Waals surface area contributed by atoms with E-state index in [9.17, 15) is 9.59 Å². The van der Waals surface area contributed by atoms with Gasteiger partial charge in [-0.1, -0.05) is 13.8 Å². The van der Waals surface area contributed by atoms with Gasteiger partial charge in [0.1, 0.15) is 0 Å². The lowest BCUT2D eigenvalue weighted by Crippen LogP contribution is -2.36. The third kappa shape index (κ3) is 7.97. The molecule has 0 aromatic carbocycles. The van der Waals surface area contributed by atoms with Crippen molar-refractivity contribution in [2.24, 2.45) is 5.92 Å². The Kier molecular flexibility index (Phi) is 6.75. The van der Waals surface area contributed by atoms with E-state index >= 15 is 0 Å².